The highest BCUT2D eigenvalue weighted by atomic mass is 16.5. The number of carbonyl (C=O) groups excluding carboxylic acids is 1. The standard InChI is InChI=1S/C17H19N5O2/c23-17(18-14-4-2-1-3-5-14)15-12-20-13-22(7-6-16(20)19-15)21-8-10-24-11-9-21/h1-7,12H,8-11,13H2,(H,18,23)/q+1. The second-order valence-electron chi connectivity index (χ2n) is 5.74. The van der Waals surface area contributed by atoms with E-state index in [2.05, 4.69) is 20.3 Å². The summed E-state index contributed by atoms with van der Waals surface area (Å²) in [7, 11) is 0. The average Bonchev–Trinajstić information content (AvgIpc) is 3.07. The van der Waals surface area contributed by atoms with Gasteiger partial charge in [-0.25, -0.2) is 5.01 Å². The molecular weight excluding hydrogens is 306 g/mol. The van der Waals surface area contributed by atoms with E-state index in [0.717, 1.165) is 37.8 Å². The Hall–Kier alpha value is -2.48. The number of fused-ring (bicyclic) bond motifs is 1. The van der Waals surface area contributed by atoms with E-state index >= 15 is 0 Å². The zero-order chi connectivity index (χ0) is 16.4. The van der Waals surface area contributed by atoms with Crippen LogP contribution in [0.25, 0.3) is 0 Å². The molecule has 1 fully saturated rings. The van der Waals surface area contributed by atoms with Gasteiger partial charge in [0.25, 0.3) is 11.7 Å². The highest BCUT2D eigenvalue weighted by molar-refractivity contribution is 6.10. The summed E-state index contributed by atoms with van der Waals surface area (Å²) in [6.07, 6.45) is 5.73. The Labute approximate surface area is 140 Å². The molecule has 0 bridgehead atoms. The van der Waals surface area contributed by atoms with E-state index in [4.69, 9.17) is 4.74 Å². The fourth-order valence-electron chi connectivity index (χ4n) is 2.85. The summed E-state index contributed by atoms with van der Waals surface area (Å²) in [5, 5.41) is 7.24. The van der Waals surface area contributed by atoms with E-state index in [1.807, 2.05) is 47.5 Å². The lowest BCUT2D eigenvalue weighted by Gasteiger charge is -2.36. The number of carbonyl (C=O) groups is 1. The number of para-hydroxylation sites is 1. The number of ether oxygens (including phenoxy) is 1. The van der Waals surface area contributed by atoms with Gasteiger partial charge in [0.15, 0.2) is 11.9 Å². The first-order valence-electron chi connectivity index (χ1n) is 8.00. The molecule has 1 amide bonds. The third-order valence-electron chi connectivity index (χ3n) is 4.12. The minimum Gasteiger partial charge on any atom is -0.379 e. The first-order chi connectivity index (χ1) is 11.8. The van der Waals surface area contributed by atoms with Gasteiger partial charge in [-0.05, 0) is 12.1 Å². The number of anilines is 1. The molecule has 3 aliphatic heterocycles. The largest absolute Gasteiger partial charge is 0.379 e. The van der Waals surface area contributed by atoms with Gasteiger partial charge < -0.3 is 10.1 Å². The van der Waals surface area contributed by atoms with Crippen molar-refractivity contribution < 1.29 is 9.53 Å². The van der Waals surface area contributed by atoms with Crippen LogP contribution in [0.1, 0.15) is 0 Å². The third kappa shape index (κ3) is 3.09. The van der Waals surface area contributed by atoms with Crippen molar-refractivity contribution in [3.63, 3.8) is 0 Å². The number of benzene rings is 1. The topological polar surface area (TPSA) is 63.1 Å². The highest BCUT2D eigenvalue weighted by Gasteiger charge is 2.36. The summed E-state index contributed by atoms with van der Waals surface area (Å²) in [4.78, 5) is 18.8. The van der Waals surface area contributed by atoms with E-state index < -0.39 is 0 Å². The van der Waals surface area contributed by atoms with Crippen molar-refractivity contribution in [1.29, 1.82) is 0 Å². The molecule has 123 valence electrons. The second kappa shape index (κ2) is 6.56. The number of amidine groups is 1. The highest BCUT2D eigenvalue weighted by Crippen LogP contribution is 2.18. The molecule has 0 saturated carbocycles. The summed E-state index contributed by atoms with van der Waals surface area (Å²) in [6.45, 7) is 3.88. The molecule has 7 heteroatoms. The maximum atomic E-state index is 12.4. The first-order valence-corrected chi connectivity index (χ1v) is 8.00. The van der Waals surface area contributed by atoms with E-state index in [0.29, 0.717) is 12.4 Å². The Morgan fingerprint density at radius 1 is 1.21 bits per heavy atom. The summed E-state index contributed by atoms with van der Waals surface area (Å²) in [6, 6.07) is 9.39. The Bertz CT molecular complexity index is 707. The van der Waals surface area contributed by atoms with Crippen molar-refractivity contribution in [3.8, 4) is 0 Å². The van der Waals surface area contributed by atoms with Gasteiger partial charge in [0, 0.05) is 31.1 Å². The van der Waals surface area contributed by atoms with Gasteiger partial charge in [0.1, 0.15) is 0 Å². The fraction of sp³-hybridized carbons (Fsp3) is 0.294. The fourth-order valence-corrected chi connectivity index (χ4v) is 2.85. The van der Waals surface area contributed by atoms with Crippen molar-refractivity contribution in [2.75, 3.05) is 38.3 Å². The number of morpholine rings is 1. The van der Waals surface area contributed by atoms with Crippen LogP contribution in [0.2, 0.25) is 0 Å². The predicted octanol–water partition coefficient (Wildman–Crippen LogP) is 1.05. The minimum absolute atomic E-state index is 0.200. The van der Waals surface area contributed by atoms with Crippen LogP contribution < -0.4 is 10.2 Å². The van der Waals surface area contributed by atoms with Gasteiger partial charge in [-0.1, -0.05) is 23.1 Å². The third-order valence-corrected chi connectivity index (χ3v) is 4.12. The lowest BCUT2D eigenvalue weighted by atomic mass is 10.3. The molecule has 1 aromatic rings. The predicted molar refractivity (Wildman–Crippen MR) is 91.0 cm³/mol. The molecule has 1 saturated heterocycles. The average molecular weight is 325 g/mol. The molecular formula is C17H19N5O2+. The van der Waals surface area contributed by atoms with Crippen molar-refractivity contribution >= 4 is 17.4 Å². The molecule has 0 spiro atoms. The van der Waals surface area contributed by atoms with Crippen molar-refractivity contribution in [2.45, 2.75) is 0 Å². The summed E-state index contributed by atoms with van der Waals surface area (Å²) in [5.74, 6) is 0.590. The lowest BCUT2D eigenvalue weighted by molar-refractivity contribution is -0.112. The lowest BCUT2D eigenvalue weighted by Crippen LogP contribution is -2.53. The molecule has 0 unspecified atom stereocenters. The van der Waals surface area contributed by atoms with Gasteiger partial charge in [-0.3, -0.25) is 9.80 Å². The van der Waals surface area contributed by atoms with Crippen LogP contribution in [0.5, 0.6) is 0 Å². The second-order valence-corrected chi connectivity index (χ2v) is 5.74. The van der Waals surface area contributed by atoms with Crippen molar-refractivity contribution in [3.05, 3.63) is 54.5 Å². The summed E-state index contributed by atoms with van der Waals surface area (Å²) < 4.78 is 5.39. The first kappa shape index (κ1) is 15.1. The van der Waals surface area contributed by atoms with Crippen LogP contribution >= 0.6 is 0 Å². The minimum atomic E-state index is -0.200. The van der Waals surface area contributed by atoms with Crippen molar-refractivity contribution in [2.24, 2.45) is 4.99 Å². The van der Waals surface area contributed by atoms with Crippen LogP contribution in [0.3, 0.4) is 0 Å². The summed E-state index contributed by atoms with van der Waals surface area (Å²) in [5.41, 5.74) is 1.18. The smallest absolute Gasteiger partial charge is 0.285 e. The van der Waals surface area contributed by atoms with Gasteiger partial charge in [-0.2, -0.15) is 4.99 Å². The number of amides is 1. The molecule has 7 nitrogen and oxygen atoms in total. The van der Waals surface area contributed by atoms with E-state index in [-0.39, 0.29) is 5.91 Å². The molecule has 1 N–H and O–H groups in total. The molecule has 0 aromatic heterocycles. The SMILES string of the molecule is O=C(Nc1ccccc1)C1=C[N+]2CN(N3CCOCC3)C=CC2=N1. The Balaban J connectivity index is 1.43. The van der Waals surface area contributed by atoms with Gasteiger partial charge in [0.2, 0.25) is 6.67 Å². The molecule has 0 atom stereocenters. The Morgan fingerprint density at radius 3 is 2.79 bits per heavy atom. The van der Waals surface area contributed by atoms with Crippen LogP contribution in [0.15, 0.2) is 59.5 Å². The van der Waals surface area contributed by atoms with Gasteiger partial charge in [-0.15, -0.1) is 0 Å². The Morgan fingerprint density at radius 2 is 2.00 bits per heavy atom. The number of hydrazine groups is 1. The van der Waals surface area contributed by atoms with E-state index in [9.17, 15) is 4.79 Å². The number of nitrogens with zero attached hydrogens (tertiary/aromatic N) is 4. The molecule has 0 aliphatic carbocycles. The summed E-state index contributed by atoms with van der Waals surface area (Å²) >= 11 is 0. The molecule has 3 heterocycles. The number of aliphatic imine (C=N–C) groups is 1. The van der Waals surface area contributed by atoms with E-state index in [1.165, 1.54) is 0 Å². The van der Waals surface area contributed by atoms with E-state index in [1.54, 1.807) is 6.20 Å². The van der Waals surface area contributed by atoms with Crippen LogP contribution in [0.4, 0.5) is 5.69 Å². The van der Waals surface area contributed by atoms with Crippen LogP contribution in [-0.4, -0.2) is 54.7 Å². The van der Waals surface area contributed by atoms with Crippen molar-refractivity contribution in [1.82, 2.24) is 14.9 Å². The zero-order valence-electron chi connectivity index (χ0n) is 13.3. The number of hydrogen-bond acceptors (Lipinski definition) is 6. The maximum absolute atomic E-state index is 12.4. The normalized spacial score (nSPS) is 21.2. The number of rotatable bonds is 3. The van der Waals surface area contributed by atoms with Crippen LogP contribution in [0, 0.1) is 0 Å². The van der Waals surface area contributed by atoms with Gasteiger partial charge in [0.05, 0.1) is 13.2 Å². The molecule has 1 aromatic carbocycles. The number of hydrogen-bond donors (Lipinski definition) is 1. The van der Waals surface area contributed by atoms with Crippen LogP contribution in [-0.2, 0) is 9.53 Å². The molecule has 1 radical (unpaired) electrons. The molecule has 24 heavy (non-hydrogen) atoms. The van der Waals surface area contributed by atoms with Gasteiger partial charge >= 0.3 is 0 Å². The Kier molecular flexibility index (Phi) is 4.12. The quantitative estimate of drug-likeness (QED) is 0.844. The number of nitrogens with one attached hydrogen (secondary N) is 1. The zero-order valence-corrected chi connectivity index (χ0v) is 13.3. The molecule has 3 aliphatic rings. The maximum Gasteiger partial charge on any atom is 0.285 e. The monoisotopic (exact) mass is 325 g/mol. The molecule has 4 rings (SSSR count).